The van der Waals surface area contributed by atoms with E-state index in [1.165, 1.54) is 56.9 Å². The summed E-state index contributed by atoms with van der Waals surface area (Å²) in [5.41, 5.74) is 3.08. The maximum Gasteiger partial charge on any atom is 0.302 e. The standard InChI is InChI=1S/C33H54O3/c1-21(2)22(3)9-10-24(19-36-23(4)34)25-13-15-31(8)27-12-11-26-29(5,6)28(35)14-16-32(26)20-33(27,32)18-17-30(25,31)7/h21,24-28,35H,3,9-20H2,1-2,4-8H3/t24-,25+,26-,27-,28-,30+,31-,32+,33-/m0/s1. The fraction of sp³-hybridized carbons (Fsp3) is 0.909. The molecule has 204 valence electrons. The van der Waals surface area contributed by atoms with E-state index >= 15 is 0 Å². The normalized spacial score (nSPS) is 47.2. The van der Waals surface area contributed by atoms with Gasteiger partial charge in [-0.2, -0.15) is 0 Å². The highest BCUT2D eigenvalue weighted by molar-refractivity contribution is 5.65. The molecular formula is C33H54O3. The summed E-state index contributed by atoms with van der Waals surface area (Å²) in [6.45, 7) is 21.0. The smallest absolute Gasteiger partial charge is 0.302 e. The number of hydrogen-bond acceptors (Lipinski definition) is 3. The molecule has 5 fully saturated rings. The van der Waals surface area contributed by atoms with E-state index in [9.17, 15) is 9.90 Å². The lowest BCUT2D eigenvalue weighted by molar-refractivity contribution is -0.164. The summed E-state index contributed by atoms with van der Waals surface area (Å²) < 4.78 is 5.71. The van der Waals surface area contributed by atoms with Gasteiger partial charge in [-0.1, -0.05) is 53.7 Å². The molecule has 0 bridgehead atoms. The zero-order valence-corrected chi connectivity index (χ0v) is 24.4. The van der Waals surface area contributed by atoms with Crippen LogP contribution in [-0.4, -0.2) is 23.8 Å². The van der Waals surface area contributed by atoms with Crippen molar-refractivity contribution >= 4 is 5.97 Å². The molecule has 5 aliphatic rings. The fourth-order valence-electron chi connectivity index (χ4n) is 11.4. The van der Waals surface area contributed by atoms with Crippen molar-refractivity contribution in [1.82, 2.24) is 0 Å². The maximum atomic E-state index is 11.8. The largest absolute Gasteiger partial charge is 0.466 e. The van der Waals surface area contributed by atoms with Gasteiger partial charge >= 0.3 is 5.97 Å². The van der Waals surface area contributed by atoms with Crippen LogP contribution in [0.25, 0.3) is 0 Å². The molecule has 0 aliphatic heterocycles. The molecule has 3 nitrogen and oxygen atoms in total. The predicted octanol–water partition coefficient (Wildman–Crippen LogP) is 7.96. The summed E-state index contributed by atoms with van der Waals surface area (Å²) in [6, 6.07) is 0. The first kappa shape index (κ1) is 26.8. The number of carbonyl (C=O) groups is 1. The lowest BCUT2D eigenvalue weighted by atomic mass is 9.41. The van der Waals surface area contributed by atoms with Crippen molar-refractivity contribution < 1.29 is 14.6 Å². The molecule has 0 radical (unpaired) electrons. The number of rotatable bonds is 7. The molecule has 0 heterocycles. The third kappa shape index (κ3) is 3.49. The molecule has 5 rings (SSSR count). The highest BCUT2D eigenvalue weighted by Gasteiger charge is 2.82. The molecule has 0 unspecified atom stereocenters. The minimum Gasteiger partial charge on any atom is -0.466 e. The van der Waals surface area contributed by atoms with E-state index in [4.69, 9.17) is 4.74 Å². The Hall–Kier alpha value is -0.830. The summed E-state index contributed by atoms with van der Waals surface area (Å²) in [5, 5.41) is 10.9. The predicted molar refractivity (Wildman–Crippen MR) is 146 cm³/mol. The Morgan fingerprint density at radius 2 is 1.61 bits per heavy atom. The van der Waals surface area contributed by atoms with Crippen LogP contribution >= 0.6 is 0 Å². The van der Waals surface area contributed by atoms with E-state index in [0.29, 0.717) is 51.9 Å². The topological polar surface area (TPSA) is 46.5 Å². The van der Waals surface area contributed by atoms with Crippen LogP contribution in [0, 0.1) is 56.7 Å². The molecule has 0 aromatic heterocycles. The Morgan fingerprint density at radius 1 is 0.944 bits per heavy atom. The van der Waals surface area contributed by atoms with Gasteiger partial charge in [0.15, 0.2) is 0 Å². The van der Waals surface area contributed by atoms with Crippen LogP contribution in [0.1, 0.15) is 119 Å². The van der Waals surface area contributed by atoms with Crippen molar-refractivity contribution in [2.24, 2.45) is 56.7 Å². The molecule has 0 amide bonds. The minimum atomic E-state index is -0.142. The van der Waals surface area contributed by atoms with Gasteiger partial charge in [-0.15, -0.1) is 0 Å². The second-order valence-corrected chi connectivity index (χ2v) is 15.4. The zero-order valence-electron chi connectivity index (χ0n) is 24.4. The fourth-order valence-corrected chi connectivity index (χ4v) is 11.4. The van der Waals surface area contributed by atoms with Crippen LogP contribution in [0.4, 0.5) is 0 Å². The Morgan fingerprint density at radius 3 is 2.28 bits per heavy atom. The summed E-state index contributed by atoms with van der Waals surface area (Å²) in [7, 11) is 0. The molecule has 5 saturated carbocycles. The molecule has 5 aliphatic carbocycles. The minimum absolute atomic E-state index is 0.0561. The van der Waals surface area contributed by atoms with E-state index in [0.717, 1.165) is 25.2 Å². The number of allylic oxidation sites excluding steroid dienone is 1. The summed E-state index contributed by atoms with van der Waals surface area (Å²) in [5.74, 6) is 2.93. The van der Waals surface area contributed by atoms with Gasteiger partial charge in [0.1, 0.15) is 0 Å². The Balaban J connectivity index is 1.41. The van der Waals surface area contributed by atoms with Crippen LogP contribution in [0.5, 0.6) is 0 Å². The SMILES string of the molecule is C=C(CC[C@@H](COC(C)=O)[C@H]1CC[C@@]2(C)[C@@H]3CC[C@H]4C(C)(C)[C@@H](O)CC[C@@]45C[C@@]35CC[C@]12C)C(C)C. The number of aliphatic hydroxyl groups excluding tert-OH is 1. The molecule has 2 spiro atoms. The van der Waals surface area contributed by atoms with Crippen LogP contribution in [0.3, 0.4) is 0 Å². The van der Waals surface area contributed by atoms with Gasteiger partial charge in [-0.3, -0.25) is 4.79 Å². The number of carbonyl (C=O) groups excluding carboxylic acids is 1. The Bertz CT molecular complexity index is 905. The van der Waals surface area contributed by atoms with Gasteiger partial charge < -0.3 is 9.84 Å². The van der Waals surface area contributed by atoms with Crippen molar-refractivity contribution in [1.29, 1.82) is 0 Å². The Kier molecular flexibility index (Phi) is 6.38. The first-order chi connectivity index (χ1) is 16.8. The molecule has 0 saturated heterocycles. The third-order valence-corrected chi connectivity index (χ3v) is 13.9. The summed E-state index contributed by atoms with van der Waals surface area (Å²) >= 11 is 0. The van der Waals surface area contributed by atoms with E-state index < -0.39 is 0 Å². The van der Waals surface area contributed by atoms with E-state index in [1.54, 1.807) is 6.92 Å². The van der Waals surface area contributed by atoms with Crippen molar-refractivity contribution in [3.8, 4) is 0 Å². The van der Waals surface area contributed by atoms with Gasteiger partial charge in [0.25, 0.3) is 0 Å². The lowest BCUT2D eigenvalue weighted by Gasteiger charge is -2.63. The van der Waals surface area contributed by atoms with Crippen molar-refractivity contribution in [2.75, 3.05) is 6.61 Å². The van der Waals surface area contributed by atoms with Crippen LogP contribution < -0.4 is 0 Å². The summed E-state index contributed by atoms with van der Waals surface area (Å²) in [4.78, 5) is 11.8. The second-order valence-electron chi connectivity index (χ2n) is 15.4. The van der Waals surface area contributed by atoms with Crippen LogP contribution in [-0.2, 0) is 9.53 Å². The highest BCUT2D eigenvalue weighted by atomic mass is 16.5. The maximum absolute atomic E-state index is 11.8. The van der Waals surface area contributed by atoms with Crippen molar-refractivity contribution in [2.45, 2.75) is 125 Å². The van der Waals surface area contributed by atoms with Gasteiger partial charge in [-0.05, 0) is 127 Å². The van der Waals surface area contributed by atoms with Gasteiger partial charge in [0.2, 0.25) is 0 Å². The average molecular weight is 499 g/mol. The third-order valence-electron chi connectivity index (χ3n) is 13.9. The first-order valence-electron chi connectivity index (χ1n) is 15.2. The summed E-state index contributed by atoms with van der Waals surface area (Å²) in [6.07, 6.45) is 13.6. The molecule has 1 N–H and O–H groups in total. The Labute approximate surface area is 221 Å². The molecule has 0 aromatic rings. The molecule has 3 heteroatoms. The van der Waals surface area contributed by atoms with Gasteiger partial charge in [0.05, 0.1) is 12.7 Å². The van der Waals surface area contributed by atoms with E-state index in [2.05, 4.69) is 48.1 Å². The average Bonchev–Trinajstić information content (AvgIpc) is 3.40. The van der Waals surface area contributed by atoms with Crippen molar-refractivity contribution in [3.05, 3.63) is 12.2 Å². The number of hydrogen-bond donors (Lipinski definition) is 1. The molecular weight excluding hydrogens is 444 g/mol. The number of esters is 1. The molecule has 9 atom stereocenters. The number of aliphatic hydroxyl groups is 1. The monoisotopic (exact) mass is 498 g/mol. The van der Waals surface area contributed by atoms with E-state index in [1.807, 2.05) is 0 Å². The number of fused-ring (bicyclic) bond motifs is 2. The van der Waals surface area contributed by atoms with E-state index in [-0.39, 0.29) is 17.5 Å². The van der Waals surface area contributed by atoms with Crippen LogP contribution in [0.2, 0.25) is 0 Å². The van der Waals surface area contributed by atoms with Gasteiger partial charge in [0, 0.05) is 6.92 Å². The first-order valence-corrected chi connectivity index (χ1v) is 15.2. The van der Waals surface area contributed by atoms with Gasteiger partial charge in [-0.25, -0.2) is 0 Å². The number of ether oxygens (including phenoxy) is 1. The van der Waals surface area contributed by atoms with Crippen molar-refractivity contribution in [3.63, 3.8) is 0 Å². The highest BCUT2D eigenvalue weighted by Crippen LogP contribution is 2.89. The second kappa shape index (κ2) is 8.59. The van der Waals surface area contributed by atoms with Crippen LogP contribution in [0.15, 0.2) is 12.2 Å². The molecule has 0 aromatic carbocycles. The molecule has 36 heavy (non-hydrogen) atoms. The quantitative estimate of drug-likeness (QED) is 0.286. The lowest BCUT2D eigenvalue weighted by Crippen LogP contribution is -2.57. The zero-order chi connectivity index (χ0) is 26.3.